The maximum absolute atomic E-state index is 14.0. The highest BCUT2D eigenvalue weighted by molar-refractivity contribution is 9.10. The van der Waals surface area contributed by atoms with Gasteiger partial charge in [-0.25, -0.2) is 13.8 Å². The molecule has 0 saturated heterocycles. The van der Waals surface area contributed by atoms with E-state index in [2.05, 4.69) is 25.9 Å². The van der Waals surface area contributed by atoms with Crippen LogP contribution in [0.3, 0.4) is 0 Å². The highest BCUT2D eigenvalue weighted by Gasteiger charge is 2.12. The SMILES string of the molecule is COc1cc(OCc2ccc(Br)cc2F)ccc1-c1cnc(-c2ccc(F)cc2)[nH]1. The van der Waals surface area contributed by atoms with Crippen molar-refractivity contribution in [2.75, 3.05) is 7.11 Å². The Kier molecular flexibility index (Phi) is 5.81. The molecule has 0 atom stereocenters. The van der Waals surface area contributed by atoms with Crippen LogP contribution in [-0.2, 0) is 6.61 Å². The first-order valence-electron chi connectivity index (χ1n) is 9.09. The molecule has 1 N–H and O–H groups in total. The van der Waals surface area contributed by atoms with Crippen molar-refractivity contribution in [2.45, 2.75) is 6.61 Å². The number of ether oxygens (including phenoxy) is 2. The predicted molar refractivity (Wildman–Crippen MR) is 114 cm³/mol. The van der Waals surface area contributed by atoms with E-state index in [0.717, 1.165) is 16.8 Å². The summed E-state index contributed by atoms with van der Waals surface area (Å²) >= 11 is 3.24. The molecule has 0 radical (unpaired) electrons. The van der Waals surface area contributed by atoms with Gasteiger partial charge >= 0.3 is 0 Å². The van der Waals surface area contributed by atoms with E-state index in [-0.39, 0.29) is 18.2 Å². The second-order valence-electron chi connectivity index (χ2n) is 6.54. The van der Waals surface area contributed by atoms with Crippen LogP contribution < -0.4 is 9.47 Å². The zero-order valence-corrected chi connectivity index (χ0v) is 17.5. The number of nitrogens with one attached hydrogen (secondary N) is 1. The van der Waals surface area contributed by atoms with Gasteiger partial charge in [0.25, 0.3) is 0 Å². The molecule has 0 aliphatic carbocycles. The van der Waals surface area contributed by atoms with Crippen molar-refractivity contribution >= 4 is 15.9 Å². The molecule has 0 aliphatic rings. The van der Waals surface area contributed by atoms with E-state index < -0.39 is 0 Å². The fourth-order valence-corrected chi connectivity index (χ4v) is 3.33. The van der Waals surface area contributed by atoms with Crippen molar-refractivity contribution in [3.05, 3.63) is 88.5 Å². The minimum atomic E-state index is -0.334. The molecule has 0 bridgehead atoms. The molecule has 30 heavy (non-hydrogen) atoms. The fraction of sp³-hybridized carbons (Fsp3) is 0.0870. The van der Waals surface area contributed by atoms with Crippen LogP contribution in [0.5, 0.6) is 11.5 Å². The molecule has 4 nitrogen and oxygen atoms in total. The van der Waals surface area contributed by atoms with Gasteiger partial charge in [-0.05, 0) is 48.5 Å². The summed E-state index contributed by atoms with van der Waals surface area (Å²) in [5.74, 6) is 1.12. The number of rotatable bonds is 6. The smallest absolute Gasteiger partial charge is 0.137 e. The Hall–Kier alpha value is -3.19. The van der Waals surface area contributed by atoms with Gasteiger partial charge in [0.2, 0.25) is 0 Å². The lowest BCUT2D eigenvalue weighted by Crippen LogP contribution is -1.99. The Morgan fingerprint density at radius 2 is 1.80 bits per heavy atom. The molecule has 4 rings (SSSR count). The summed E-state index contributed by atoms with van der Waals surface area (Å²) in [4.78, 5) is 7.59. The molecule has 3 aromatic carbocycles. The van der Waals surface area contributed by atoms with E-state index in [1.807, 2.05) is 6.07 Å². The third-order valence-corrected chi connectivity index (χ3v) is 5.06. The van der Waals surface area contributed by atoms with Gasteiger partial charge in [-0.2, -0.15) is 0 Å². The number of H-pyrrole nitrogens is 1. The number of benzene rings is 3. The van der Waals surface area contributed by atoms with Gasteiger partial charge in [0.1, 0.15) is 35.6 Å². The summed E-state index contributed by atoms with van der Waals surface area (Å²) in [5, 5.41) is 0. The van der Waals surface area contributed by atoms with E-state index in [1.54, 1.807) is 49.7 Å². The summed E-state index contributed by atoms with van der Waals surface area (Å²) < 4.78 is 39.0. The molecule has 1 aromatic heterocycles. The van der Waals surface area contributed by atoms with Gasteiger partial charge < -0.3 is 14.5 Å². The Labute approximate surface area is 180 Å². The lowest BCUT2D eigenvalue weighted by molar-refractivity contribution is 0.297. The van der Waals surface area contributed by atoms with E-state index in [9.17, 15) is 8.78 Å². The molecule has 0 fully saturated rings. The second-order valence-corrected chi connectivity index (χ2v) is 7.45. The number of hydrogen-bond acceptors (Lipinski definition) is 3. The van der Waals surface area contributed by atoms with Gasteiger partial charge in [0.05, 0.1) is 19.0 Å². The van der Waals surface area contributed by atoms with Crippen LogP contribution in [0.4, 0.5) is 8.78 Å². The summed E-state index contributed by atoms with van der Waals surface area (Å²) in [7, 11) is 1.56. The van der Waals surface area contributed by atoms with Gasteiger partial charge in [0.15, 0.2) is 0 Å². The topological polar surface area (TPSA) is 47.1 Å². The number of imidazole rings is 1. The standard InChI is InChI=1S/C23H17BrF2N2O2/c1-29-22-11-18(30-13-15-2-5-16(24)10-20(15)26)8-9-19(22)21-12-27-23(28-21)14-3-6-17(25)7-4-14/h2-12H,13H2,1H3,(H,27,28). The van der Waals surface area contributed by atoms with Crippen molar-refractivity contribution in [3.8, 4) is 34.1 Å². The summed E-state index contributed by atoms with van der Waals surface area (Å²) in [5.41, 5.74) is 2.77. The number of aromatic amines is 1. The van der Waals surface area contributed by atoms with Crippen molar-refractivity contribution < 1.29 is 18.3 Å². The van der Waals surface area contributed by atoms with E-state index >= 15 is 0 Å². The largest absolute Gasteiger partial charge is 0.496 e. The van der Waals surface area contributed by atoms with Crippen LogP contribution in [0.2, 0.25) is 0 Å². The molecule has 0 amide bonds. The zero-order valence-electron chi connectivity index (χ0n) is 16.0. The Balaban J connectivity index is 1.54. The van der Waals surface area contributed by atoms with E-state index in [4.69, 9.17) is 9.47 Å². The van der Waals surface area contributed by atoms with Crippen LogP contribution in [0.15, 0.2) is 71.3 Å². The molecular formula is C23H17BrF2N2O2. The average molecular weight is 471 g/mol. The first-order valence-corrected chi connectivity index (χ1v) is 9.89. The van der Waals surface area contributed by atoms with Crippen molar-refractivity contribution in [2.24, 2.45) is 0 Å². The normalized spacial score (nSPS) is 10.8. The van der Waals surface area contributed by atoms with E-state index in [1.165, 1.54) is 18.2 Å². The molecule has 1 heterocycles. The molecule has 0 aliphatic heterocycles. The monoisotopic (exact) mass is 470 g/mol. The van der Waals surface area contributed by atoms with E-state index in [0.29, 0.717) is 27.4 Å². The lowest BCUT2D eigenvalue weighted by atomic mass is 10.1. The van der Waals surface area contributed by atoms with Gasteiger partial charge in [-0.3, -0.25) is 0 Å². The second kappa shape index (κ2) is 8.67. The summed E-state index contributed by atoms with van der Waals surface area (Å²) in [6, 6.07) is 16.3. The molecule has 0 spiro atoms. The lowest BCUT2D eigenvalue weighted by Gasteiger charge is -2.11. The van der Waals surface area contributed by atoms with Crippen molar-refractivity contribution in [1.82, 2.24) is 9.97 Å². The Morgan fingerprint density at radius 1 is 1.00 bits per heavy atom. The summed E-state index contributed by atoms with van der Waals surface area (Å²) in [6.07, 6.45) is 1.69. The Morgan fingerprint density at radius 3 is 2.53 bits per heavy atom. The maximum Gasteiger partial charge on any atom is 0.137 e. The molecular weight excluding hydrogens is 454 g/mol. The fourth-order valence-electron chi connectivity index (χ4n) is 3.00. The predicted octanol–water partition coefficient (Wildman–Crippen LogP) is 6.37. The molecule has 0 saturated carbocycles. The van der Waals surface area contributed by atoms with Gasteiger partial charge in [-0.1, -0.05) is 22.0 Å². The van der Waals surface area contributed by atoms with Crippen LogP contribution in [0, 0.1) is 11.6 Å². The first-order chi connectivity index (χ1) is 14.5. The maximum atomic E-state index is 14.0. The van der Waals surface area contributed by atoms with Gasteiger partial charge in [0, 0.05) is 27.2 Å². The number of methoxy groups -OCH3 is 1. The zero-order chi connectivity index (χ0) is 21.1. The number of hydrogen-bond donors (Lipinski definition) is 1. The highest BCUT2D eigenvalue weighted by Crippen LogP contribution is 2.33. The van der Waals surface area contributed by atoms with Gasteiger partial charge in [-0.15, -0.1) is 0 Å². The Bertz CT molecular complexity index is 1180. The average Bonchev–Trinajstić information content (AvgIpc) is 3.23. The number of nitrogens with zero attached hydrogens (tertiary/aromatic N) is 1. The van der Waals surface area contributed by atoms with Crippen LogP contribution in [-0.4, -0.2) is 17.1 Å². The van der Waals surface area contributed by atoms with Crippen molar-refractivity contribution in [1.29, 1.82) is 0 Å². The number of halogens is 3. The van der Waals surface area contributed by atoms with Crippen LogP contribution in [0.1, 0.15) is 5.56 Å². The molecule has 4 aromatic rings. The molecule has 0 unspecified atom stereocenters. The number of aromatic nitrogens is 2. The summed E-state index contributed by atoms with van der Waals surface area (Å²) in [6.45, 7) is 0.0976. The molecule has 152 valence electrons. The molecule has 7 heteroatoms. The minimum Gasteiger partial charge on any atom is -0.496 e. The quantitative estimate of drug-likeness (QED) is 0.356. The van der Waals surface area contributed by atoms with Crippen LogP contribution >= 0.6 is 15.9 Å². The third-order valence-electron chi connectivity index (χ3n) is 4.57. The third kappa shape index (κ3) is 4.36. The van der Waals surface area contributed by atoms with Crippen molar-refractivity contribution in [3.63, 3.8) is 0 Å². The van der Waals surface area contributed by atoms with Crippen LogP contribution in [0.25, 0.3) is 22.6 Å². The first kappa shape index (κ1) is 20.1. The minimum absolute atomic E-state index is 0.0976. The highest BCUT2D eigenvalue weighted by atomic mass is 79.9.